The Balaban J connectivity index is 1.69. The molecule has 0 radical (unpaired) electrons. The van der Waals surface area contributed by atoms with Gasteiger partial charge in [-0.15, -0.1) is 0 Å². The van der Waals surface area contributed by atoms with E-state index in [4.69, 9.17) is 0 Å². The van der Waals surface area contributed by atoms with Crippen LogP contribution < -0.4 is 16.2 Å². The van der Waals surface area contributed by atoms with E-state index in [1.165, 1.54) is 18.5 Å². The summed E-state index contributed by atoms with van der Waals surface area (Å²) in [5.41, 5.74) is -3.68. The van der Waals surface area contributed by atoms with Crippen LogP contribution in [0.2, 0.25) is 0 Å². The number of halogens is 3. The third kappa shape index (κ3) is 3.04. The van der Waals surface area contributed by atoms with E-state index in [9.17, 15) is 22.8 Å². The van der Waals surface area contributed by atoms with Gasteiger partial charge in [0.25, 0.3) is 11.5 Å². The predicted molar refractivity (Wildman–Crippen MR) is 94.9 cm³/mol. The zero-order valence-electron chi connectivity index (χ0n) is 14.7. The van der Waals surface area contributed by atoms with Crippen LogP contribution in [0.15, 0.2) is 35.4 Å². The van der Waals surface area contributed by atoms with Crippen molar-refractivity contribution in [3.8, 4) is 0 Å². The lowest BCUT2D eigenvalue weighted by Gasteiger charge is -2.29. The number of anilines is 2. The van der Waals surface area contributed by atoms with Gasteiger partial charge in [0.2, 0.25) is 5.66 Å². The molecule has 2 N–H and O–H groups in total. The minimum atomic E-state index is -4.86. The number of carbonyl (C=O) groups is 1. The summed E-state index contributed by atoms with van der Waals surface area (Å²) >= 11 is 0. The van der Waals surface area contributed by atoms with Gasteiger partial charge in [0.15, 0.2) is 0 Å². The Hall–Kier alpha value is -3.17. The van der Waals surface area contributed by atoms with Gasteiger partial charge in [0, 0.05) is 6.07 Å². The molecule has 0 bridgehead atoms. The molecule has 1 aliphatic heterocycles. The van der Waals surface area contributed by atoms with E-state index in [1.54, 1.807) is 6.07 Å². The van der Waals surface area contributed by atoms with Crippen molar-refractivity contribution in [1.29, 1.82) is 0 Å². The molecule has 2 aromatic rings. The number of hydrogen-bond donors (Lipinski definition) is 2. The summed E-state index contributed by atoms with van der Waals surface area (Å²) in [7, 11) is 0. The molecule has 10 heteroatoms. The number of carbonyl (C=O) groups excluding carboxylic acids is 1. The predicted octanol–water partition coefficient (Wildman–Crippen LogP) is 2.78. The van der Waals surface area contributed by atoms with Crippen molar-refractivity contribution in [2.75, 3.05) is 5.32 Å². The highest BCUT2D eigenvalue weighted by Gasteiger charge is 2.59. The Labute approximate surface area is 157 Å². The molecular weight excluding hydrogens is 375 g/mol. The second-order valence-corrected chi connectivity index (χ2v) is 6.95. The van der Waals surface area contributed by atoms with E-state index in [0.717, 1.165) is 19.8 Å². The molecule has 7 nitrogen and oxygen atoms in total. The average molecular weight is 391 g/mol. The molecule has 146 valence electrons. The van der Waals surface area contributed by atoms with Crippen LogP contribution in [0.5, 0.6) is 0 Å². The van der Waals surface area contributed by atoms with Gasteiger partial charge < -0.3 is 10.6 Å². The molecule has 1 unspecified atom stereocenters. The monoisotopic (exact) mass is 391 g/mol. The highest BCUT2D eigenvalue weighted by Crippen LogP contribution is 2.37. The smallest absolute Gasteiger partial charge is 0.336 e. The van der Waals surface area contributed by atoms with E-state index in [0.29, 0.717) is 16.2 Å². The maximum atomic E-state index is 13.5. The molecule has 1 aliphatic carbocycles. The normalized spacial score (nSPS) is 21.6. The summed E-state index contributed by atoms with van der Waals surface area (Å²) in [5, 5.41) is 4.57. The summed E-state index contributed by atoms with van der Waals surface area (Å²) in [6.45, 7) is 0.748. The third-order valence-corrected chi connectivity index (χ3v) is 4.78. The van der Waals surface area contributed by atoms with Crippen LogP contribution in [0.25, 0.3) is 6.08 Å². The molecule has 4 rings (SSSR count). The van der Waals surface area contributed by atoms with Crippen LogP contribution in [0, 0.1) is 5.92 Å². The molecule has 1 amide bonds. The van der Waals surface area contributed by atoms with Crippen LogP contribution in [0.3, 0.4) is 0 Å². The largest absolute Gasteiger partial charge is 0.430 e. The number of nitrogens with zero attached hydrogens (tertiary/aromatic N) is 3. The molecule has 2 aromatic heterocycles. The quantitative estimate of drug-likeness (QED) is 0.837. The summed E-state index contributed by atoms with van der Waals surface area (Å²) in [6.07, 6.45) is 2.59. The summed E-state index contributed by atoms with van der Waals surface area (Å²) in [6, 6.07) is 4.02. The maximum Gasteiger partial charge on any atom is 0.430 e. The third-order valence-electron chi connectivity index (χ3n) is 4.78. The van der Waals surface area contributed by atoms with Gasteiger partial charge in [-0.05, 0) is 43.9 Å². The van der Waals surface area contributed by atoms with Crippen LogP contribution in [0.1, 0.15) is 35.9 Å². The molecule has 0 saturated heterocycles. The Morgan fingerprint density at radius 3 is 2.71 bits per heavy atom. The summed E-state index contributed by atoms with van der Waals surface area (Å²) in [4.78, 5) is 32.7. The Morgan fingerprint density at radius 2 is 2.04 bits per heavy atom. The molecule has 1 fully saturated rings. The average Bonchev–Trinajstić information content (AvgIpc) is 3.40. The number of hydrogen-bond acceptors (Lipinski definition) is 5. The molecule has 28 heavy (non-hydrogen) atoms. The van der Waals surface area contributed by atoms with Gasteiger partial charge >= 0.3 is 6.18 Å². The minimum absolute atomic E-state index is 0.133. The Morgan fingerprint density at radius 1 is 1.29 bits per heavy atom. The van der Waals surface area contributed by atoms with Crippen molar-refractivity contribution in [3.05, 3.63) is 52.3 Å². The standard InChI is InChI=1S/C18H16F3N5O2/c1-17(18(19,20)21)25-15(27)13-7-6-12(16(28)26(13)17)24-14-8-11(22-9-23-14)5-4-10-2-3-10/h4-10H,2-3H2,1H3,(H,25,27)(H,22,23,24). The van der Waals surface area contributed by atoms with E-state index in [-0.39, 0.29) is 17.2 Å². The van der Waals surface area contributed by atoms with Crippen molar-refractivity contribution in [2.45, 2.75) is 31.6 Å². The highest BCUT2D eigenvalue weighted by molar-refractivity contribution is 5.95. The molecular formula is C18H16F3N5O2. The second-order valence-electron chi connectivity index (χ2n) is 6.95. The zero-order chi connectivity index (χ0) is 20.1. The lowest BCUT2D eigenvalue weighted by atomic mass is 10.2. The van der Waals surface area contributed by atoms with E-state index < -0.39 is 23.3 Å². The summed E-state index contributed by atoms with van der Waals surface area (Å²) < 4.78 is 41.0. The Bertz CT molecular complexity index is 1040. The number of nitrogens with one attached hydrogen (secondary N) is 2. The molecule has 3 heterocycles. The molecule has 0 spiro atoms. The first-order chi connectivity index (χ1) is 13.2. The van der Waals surface area contributed by atoms with E-state index >= 15 is 0 Å². The SMILES string of the molecule is CC1(C(F)(F)F)NC(=O)c2ccc(Nc3cc(C=CC4CC4)ncn3)c(=O)n21. The molecule has 2 aliphatic rings. The maximum absolute atomic E-state index is 13.5. The second kappa shape index (κ2) is 6.18. The number of alkyl halides is 3. The van der Waals surface area contributed by atoms with Crippen molar-refractivity contribution in [2.24, 2.45) is 5.92 Å². The summed E-state index contributed by atoms with van der Waals surface area (Å²) in [5.74, 6) is -0.148. The van der Waals surface area contributed by atoms with Crippen molar-refractivity contribution in [1.82, 2.24) is 19.9 Å². The van der Waals surface area contributed by atoms with Gasteiger partial charge in [0.1, 0.15) is 23.5 Å². The topological polar surface area (TPSA) is 88.9 Å². The Kier molecular flexibility index (Phi) is 4.02. The number of fused-ring (bicyclic) bond motifs is 1. The first-order valence-corrected chi connectivity index (χ1v) is 8.62. The minimum Gasteiger partial charge on any atom is -0.336 e. The van der Waals surface area contributed by atoms with Gasteiger partial charge in [-0.25, -0.2) is 9.97 Å². The van der Waals surface area contributed by atoms with Crippen molar-refractivity contribution < 1.29 is 18.0 Å². The van der Waals surface area contributed by atoms with Gasteiger partial charge in [-0.1, -0.05) is 6.08 Å². The number of amides is 1. The van der Waals surface area contributed by atoms with E-state index in [1.807, 2.05) is 17.5 Å². The number of pyridine rings is 1. The fourth-order valence-electron chi connectivity index (χ4n) is 2.99. The molecule has 1 saturated carbocycles. The van der Waals surface area contributed by atoms with Gasteiger partial charge in [0.05, 0.1) is 5.69 Å². The van der Waals surface area contributed by atoms with Crippen molar-refractivity contribution >= 4 is 23.5 Å². The molecule has 0 aromatic carbocycles. The number of rotatable bonds is 4. The first kappa shape index (κ1) is 18.2. The zero-order valence-corrected chi connectivity index (χ0v) is 14.7. The first-order valence-electron chi connectivity index (χ1n) is 8.62. The van der Waals surface area contributed by atoms with Crippen molar-refractivity contribution in [3.63, 3.8) is 0 Å². The fraction of sp³-hybridized carbons (Fsp3) is 0.333. The van der Waals surface area contributed by atoms with Gasteiger partial charge in [-0.3, -0.25) is 14.2 Å². The fourth-order valence-corrected chi connectivity index (χ4v) is 2.99. The molecule has 1 atom stereocenters. The lowest BCUT2D eigenvalue weighted by Crippen LogP contribution is -2.55. The van der Waals surface area contributed by atoms with E-state index in [2.05, 4.69) is 15.3 Å². The number of allylic oxidation sites excluding steroid dienone is 1. The van der Waals surface area contributed by atoms with Crippen LogP contribution in [0.4, 0.5) is 24.7 Å². The van der Waals surface area contributed by atoms with Crippen LogP contribution in [-0.4, -0.2) is 26.6 Å². The highest BCUT2D eigenvalue weighted by atomic mass is 19.4. The van der Waals surface area contributed by atoms with Crippen LogP contribution >= 0.6 is 0 Å². The number of aromatic nitrogens is 3. The van der Waals surface area contributed by atoms with Crippen LogP contribution in [-0.2, 0) is 5.66 Å². The van der Waals surface area contributed by atoms with Gasteiger partial charge in [-0.2, -0.15) is 13.2 Å². The lowest BCUT2D eigenvalue weighted by molar-refractivity contribution is -0.213.